The quantitative estimate of drug-likeness (QED) is 0.436. The summed E-state index contributed by atoms with van der Waals surface area (Å²) < 4.78 is 11.1. The second-order valence-electron chi connectivity index (χ2n) is 8.33. The Balaban J connectivity index is 1.50. The van der Waals surface area contributed by atoms with Crippen LogP contribution in [0.25, 0.3) is 22.4 Å². The number of hydrogen-bond donors (Lipinski definition) is 1. The van der Waals surface area contributed by atoms with Crippen molar-refractivity contribution in [2.45, 2.75) is 27.3 Å². The minimum absolute atomic E-state index is 0.213. The number of thioether (sulfide) groups is 1. The number of amides is 1. The number of anilines is 1. The zero-order chi connectivity index (χ0) is 22.9. The molecule has 1 N–H and O–H groups in total. The number of hydrogen-bond acceptors (Lipinski definition) is 7. The fraction of sp³-hybridized carbons (Fsp3) is 0.320. The minimum Gasteiger partial charge on any atom is -0.466 e. The van der Waals surface area contributed by atoms with Crippen molar-refractivity contribution in [1.29, 1.82) is 0 Å². The molecule has 0 bridgehead atoms. The number of furan rings is 1. The lowest BCUT2D eigenvalue weighted by molar-refractivity contribution is 0.102. The molecule has 8 heteroatoms. The van der Waals surface area contributed by atoms with Crippen LogP contribution in [0, 0.1) is 20.8 Å². The number of pyridine rings is 1. The van der Waals surface area contributed by atoms with E-state index in [9.17, 15) is 4.79 Å². The molecule has 7 nitrogen and oxygen atoms in total. The van der Waals surface area contributed by atoms with Gasteiger partial charge in [0.15, 0.2) is 0 Å². The molecule has 3 aromatic heterocycles. The van der Waals surface area contributed by atoms with Crippen molar-refractivity contribution in [1.82, 2.24) is 15.0 Å². The third kappa shape index (κ3) is 4.41. The highest BCUT2D eigenvalue weighted by Crippen LogP contribution is 2.31. The van der Waals surface area contributed by atoms with Crippen molar-refractivity contribution < 1.29 is 13.7 Å². The molecule has 1 amide bonds. The van der Waals surface area contributed by atoms with Crippen LogP contribution in [-0.2, 0) is 6.54 Å². The van der Waals surface area contributed by atoms with Gasteiger partial charge in [-0.2, -0.15) is 11.8 Å². The number of benzene rings is 1. The lowest BCUT2D eigenvalue weighted by atomic mass is 10.0. The molecule has 1 aromatic carbocycles. The van der Waals surface area contributed by atoms with Crippen LogP contribution in [0.4, 0.5) is 5.69 Å². The van der Waals surface area contributed by atoms with Crippen molar-refractivity contribution >= 4 is 34.5 Å². The number of rotatable bonds is 5. The monoisotopic (exact) mass is 462 g/mol. The maximum atomic E-state index is 13.5. The largest absolute Gasteiger partial charge is 0.466 e. The lowest BCUT2D eigenvalue weighted by Gasteiger charge is -2.27. The fourth-order valence-electron chi connectivity index (χ4n) is 4.27. The Labute approximate surface area is 196 Å². The van der Waals surface area contributed by atoms with Gasteiger partial charge in [0.25, 0.3) is 11.6 Å². The predicted molar refractivity (Wildman–Crippen MR) is 131 cm³/mol. The van der Waals surface area contributed by atoms with Crippen molar-refractivity contribution in [2.75, 3.05) is 29.9 Å². The summed E-state index contributed by atoms with van der Waals surface area (Å²) in [6.07, 6.45) is 0. The smallest absolute Gasteiger partial charge is 0.259 e. The summed E-state index contributed by atoms with van der Waals surface area (Å²) in [4.78, 5) is 20.6. The first-order chi connectivity index (χ1) is 16.0. The highest BCUT2D eigenvalue weighted by atomic mass is 32.2. The molecule has 1 aliphatic heterocycles. The number of nitrogens with one attached hydrogen (secondary N) is 1. The van der Waals surface area contributed by atoms with Crippen molar-refractivity contribution in [3.8, 4) is 11.3 Å². The molecule has 0 atom stereocenters. The minimum atomic E-state index is -0.213. The molecule has 0 saturated carbocycles. The summed E-state index contributed by atoms with van der Waals surface area (Å²) in [5.74, 6) is 3.61. The van der Waals surface area contributed by atoms with Gasteiger partial charge in [0.05, 0.1) is 22.3 Å². The second-order valence-corrected chi connectivity index (χ2v) is 9.55. The predicted octanol–water partition coefficient (Wildman–Crippen LogP) is 5.21. The van der Waals surface area contributed by atoms with Crippen molar-refractivity contribution in [2.24, 2.45) is 0 Å². The average Bonchev–Trinajstić information content (AvgIpc) is 3.36. The molecule has 33 heavy (non-hydrogen) atoms. The Morgan fingerprint density at radius 1 is 1.15 bits per heavy atom. The SMILES string of the molecule is Cc1cc(-c2cc(C(=O)Nc3ccccc3CN3CCSCC3)c3c(C)noc3n2)c(C)o1. The Morgan fingerprint density at radius 3 is 2.70 bits per heavy atom. The molecule has 0 radical (unpaired) electrons. The van der Waals surface area contributed by atoms with Gasteiger partial charge in [-0.3, -0.25) is 9.69 Å². The highest BCUT2D eigenvalue weighted by molar-refractivity contribution is 7.99. The molecule has 0 spiro atoms. The first-order valence-corrected chi connectivity index (χ1v) is 12.2. The van der Waals surface area contributed by atoms with Gasteiger partial charge in [-0.25, -0.2) is 4.98 Å². The number of aryl methyl sites for hydroxylation is 3. The Hall–Kier alpha value is -3.10. The van der Waals surface area contributed by atoms with Crippen LogP contribution < -0.4 is 5.32 Å². The van der Waals surface area contributed by atoms with E-state index in [0.717, 1.165) is 59.5 Å². The standard InChI is InChI=1S/C25H26N4O3S/c1-15-12-19(17(3)31-15)22-13-20(23-16(2)28-32-25(23)27-22)24(30)26-21-7-5-4-6-18(21)14-29-8-10-33-11-9-29/h4-7,12-13H,8-11,14H2,1-3H3,(H,26,30). The normalized spacial score (nSPS) is 14.6. The van der Waals surface area contributed by atoms with E-state index < -0.39 is 0 Å². The molecule has 1 aliphatic rings. The number of fused-ring (bicyclic) bond motifs is 1. The van der Waals surface area contributed by atoms with E-state index in [-0.39, 0.29) is 5.91 Å². The van der Waals surface area contributed by atoms with Gasteiger partial charge in [-0.15, -0.1) is 0 Å². The van der Waals surface area contributed by atoms with E-state index in [2.05, 4.69) is 26.4 Å². The molecule has 170 valence electrons. The molecule has 0 unspecified atom stereocenters. The van der Waals surface area contributed by atoms with E-state index in [1.54, 1.807) is 6.07 Å². The molecule has 4 aromatic rings. The van der Waals surface area contributed by atoms with E-state index in [0.29, 0.717) is 28.1 Å². The number of aromatic nitrogens is 2. The van der Waals surface area contributed by atoms with Crippen LogP contribution >= 0.6 is 11.8 Å². The van der Waals surface area contributed by atoms with Crippen LogP contribution in [0.1, 0.15) is 33.1 Å². The molecule has 1 fully saturated rings. The Morgan fingerprint density at radius 2 is 1.94 bits per heavy atom. The van der Waals surface area contributed by atoms with Gasteiger partial charge in [0.2, 0.25) is 0 Å². The molecule has 0 aliphatic carbocycles. The Bertz CT molecular complexity index is 1320. The first kappa shape index (κ1) is 21.7. The van der Waals surface area contributed by atoms with Gasteiger partial charge >= 0.3 is 0 Å². The summed E-state index contributed by atoms with van der Waals surface area (Å²) in [7, 11) is 0. The second kappa shape index (κ2) is 9.03. The first-order valence-electron chi connectivity index (χ1n) is 11.0. The van der Waals surface area contributed by atoms with Crippen LogP contribution in [0.2, 0.25) is 0 Å². The summed E-state index contributed by atoms with van der Waals surface area (Å²) in [5, 5.41) is 7.81. The van der Waals surface area contributed by atoms with E-state index in [1.165, 1.54) is 0 Å². The van der Waals surface area contributed by atoms with Gasteiger partial charge in [0, 0.05) is 42.4 Å². The van der Waals surface area contributed by atoms with Gasteiger partial charge in [-0.1, -0.05) is 23.4 Å². The summed E-state index contributed by atoms with van der Waals surface area (Å²) in [5.41, 5.74) is 4.83. The number of nitrogens with zero attached hydrogens (tertiary/aromatic N) is 3. The van der Waals surface area contributed by atoms with Crippen molar-refractivity contribution in [3.05, 3.63) is 64.7 Å². The number of carbonyl (C=O) groups excluding carboxylic acids is 1. The fourth-order valence-corrected chi connectivity index (χ4v) is 5.25. The van der Waals surface area contributed by atoms with Crippen molar-refractivity contribution in [3.63, 3.8) is 0 Å². The van der Waals surface area contributed by atoms with Crippen LogP contribution in [-0.4, -0.2) is 45.5 Å². The average molecular weight is 463 g/mol. The van der Waals surface area contributed by atoms with Crippen LogP contribution in [0.3, 0.4) is 0 Å². The maximum Gasteiger partial charge on any atom is 0.259 e. The maximum absolute atomic E-state index is 13.5. The highest BCUT2D eigenvalue weighted by Gasteiger charge is 2.22. The third-order valence-electron chi connectivity index (χ3n) is 5.94. The zero-order valence-electron chi connectivity index (χ0n) is 19.0. The van der Waals surface area contributed by atoms with Gasteiger partial charge < -0.3 is 14.3 Å². The summed E-state index contributed by atoms with van der Waals surface area (Å²) in [6.45, 7) is 8.52. The van der Waals surface area contributed by atoms with Crippen LogP contribution in [0.5, 0.6) is 0 Å². The number of para-hydroxylation sites is 1. The Kier molecular flexibility index (Phi) is 5.95. The molecule has 1 saturated heterocycles. The molecular formula is C25H26N4O3S. The summed E-state index contributed by atoms with van der Waals surface area (Å²) >= 11 is 1.99. The van der Waals surface area contributed by atoms with E-state index in [1.807, 2.05) is 56.8 Å². The van der Waals surface area contributed by atoms with Gasteiger partial charge in [-0.05, 0) is 44.5 Å². The molecule has 4 heterocycles. The van der Waals surface area contributed by atoms with E-state index in [4.69, 9.17) is 8.94 Å². The zero-order valence-corrected chi connectivity index (χ0v) is 19.8. The van der Waals surface area contributed by atoms with Gasteiger partial charge in [0.1, 0.15) is 11.5 Å². The van der Waals surface area contributed by atoms with E-state index >= 15 is 0 Å². The third-order valence-corrected chi connectivity index (χ3v) is 6.88. The molecular weight excluding hydrogens is 436 g/mol. The summed E-state index contributed by atoms with van der Waals surface area (Å²) in [6, 6.07) is 11.7. The number of carbonyl (C=O) groups is 1. The van der Waals surface area contributed by atoms with Crippen LogP contribution in [0.15, 0.2) is 45.3 Å². The topological polar surface area (TPSA) is 84.4 Å². The lowest BCUT2D eigenvalue weighted by Crippen LogP contribution is -2.32. The molecule has 5 rings (SSSR count).